The maximum atomic E-state index is 13.8. The summed E-state index contributed by atoms with van der Waals surface area (Å²) in [4.78, 5) is 10.6. The van der Waals surface area contributed by atoms with Gasteiger partial charge in [-0.05, 0) is 24.3 Å². The highest BCUT2D eigenvalue weighted by Crippen LogP contribution is 2.34. The minimum atomic E-state index is -4.55. The molecule has 0 bridgehead atoms. The van der Waals surface area contributed by atoms with Gasteiger partial charge in [0.05, 0.1) is 11.4 Å². The van der Waals surface area contributed by atoms with Gasteiger partial charge in [0, 0.05) is 0 Å². The second-order valence-corrected chi connectivity index (χ2v) is 6.43. The Morgan fingerprint density at radius 3 is 2.32 bits per heavy atom. The molecule has 0 saturated heterocycles. The summed E-state index contributed by atoms with van der Waals surface area (Å²) in [5, 5.41) is 2.51. The monoisotopic (exact) mass is 324 g/mol. The molecule has 1 N–H and O–H groups in total. The molecule has 0 spiro atoms. The second kappa shape index (κ2) is 5.06. The molecule has 1 amide bonds. The third-order valence-electron chi connectivity index (χ3n) is 3.20. The van der Waals surface area contributed by atoms with Crippen LogP contribution in [0, 0.1) is 11.6 Å². The van der Waals surface area contributed by atoms with E-state index in [4.69, 9.17) is 0 Å². The number of fused-ring (bicyclic) bond motifs is 1. The third-order valence-corrected chi connectivity index (χ3v) is 5.01. The molecule has 8 heteroatoms. The Hall–Kier alpha value is -2.48. The number of halogens is 2. The molecular formula is C14H10F2N2O3S. The number of hydrogen-bond acceptors (Lipinski definition) is 3. The summed E-state index contributed by atoms with van der Waals surface area (Å²) >= 11 is 0. The van der Waals surface area contributed by atoms with Crippen molar-refractivity contribution in [3.8, 4) is 0 Å². The quantitative estimate of drug-likeness (QED) is 0.920. The Bertz CT molecular complexity index is 848. The highest BCUT2D eigenvalue weighted by Gasteiger charge is 2.35. The van der Waals surface area contributed by atoms with Crippen molar-refractivity contribution in [2.75, 3.05) is 16.2 Å². The van der Waals surface area contributed by atoms with Gasteiger partial charge in [-0.25, -0.2) is 17.2 Å². The van der Waals surface area contributed by atoms with Crippen molar-refractivity contribution in [1.29, 1.82) is 0 Å². The molecule has 22 heavy (non-hydrogen) atoms. The molecule has 1 heterocycles. The van der Waals surface area contributed by atoms with Crippen LogP contribution < -0.4 is 9.62 Å². The average molecular weight is 324 g/mol. The molecule has 1 aliphatic rings. The lowest BCUT2D eigenvalue weighted by atomic mass is 10.2. The van der Waals surface area contributed by atoms with Crippen LogP contribution in [0.4, 0.5) is 20.2 Å². The molecule has 0 aromatic heterocycles. The molecule has 0 unspecified atom stereocenters. The molecule has 2 aromatic carbocycles. The van der Waals surface area contributed by atoms with E-state index in [0.717, 1.165) is 18.2 Å². The predicted octanol–water partition coefficient (Wildman–Crippen LogP) is 2.11. The molecule has 2 aromatic rings. The highest BCUT2D eigenvalue weighted by atomic mass is 32.2. The summed E-state index contributed by atoms with van der Waals surface area (Å²) in [7, 11) is -4.55. The van der Waals surface area contributed by atoms with Gasteiger partial charge >= 0.3 is 0 Å². The highest BCUT2D eigenvalue weighted by molar-refractivity contribution is 7.93. The number of sulfonamides is 1. The molecule has 1 aliphatic heterocycles. The first-order valence-electron chi connectivity index (χ1n) is 6.27. The number of rotatable bonds is 2. The summed E-state index contributed by atoms with van der Waals surface area (Å²) < 4.78 is 53.6. The van der Waals surface area contributed by atoms with Gasteiger partial charge in [-0.1, -0.05) is 18.2 Å². The summed E-state index contributed by atoms with van der Waals surface area (Å²) in [6.45, 7) is -0.548. The van der Waals surface area contributed by atoms with Crippen molar-refractivity contribution in [1.82, 2.24) is 0 Å². The number of benzene rings is 2. The van der Waals surface area contributed by atoms with Crippen LogP contribution in [0.15, 0.2) is 47.4 Å². The standard InChI is InChI=1S/C14H10F2N2O3S/c15-9-4-3-5-10(16)14(9)22(20,21)18-8-13(19)17-11-6-1-2-7-12(11)18/h1-7H,8H2,(H,17,19). The van der Waals surface area contributed by atoms with E-state index in [0.29, 0.717) is 4.31 Å². The Balaban J connectivity index is 2.20. The number of anilines is 2. The SMILES string of the molecule is O=C1CN(S(=O)(=O)c2c(F)cccc2F)c2ccccc2N1. The molecule has 0 fully saturated rings. The molecule has 5 nitrogen and oxygen atoms in total. The zero-order chi connectivity index (χ0) is 15.9. The van der Waals surface area contributed by atoms with Gasteiger partial charge in [0.15, 0.2) is 4.90 Å². The smallest absolute Gasteiger partial charge is 0.270 e. The minimum absolute atomic E-state index is 0.157. The van der Waals surface area contributed by atoms with Crippen LogP contribution in [0.5, 0.6) is 0 Å². The lowest BCUT2D eigenvalue weighted by molar-refractivity contribution is -0.115. The van der Waals surface area contributed by atoms with E-state index in [2.05, 4.69) is 5.32 Å². The van der Waals surface area contributed by atoms with E-state index >= 15 is 0 Å². The van der Waals surface area contributed by atoms with Crippen LogP contribution in [0.2, 0.25) is 0 Å². The Morgan fingerprint density at radius 2 is 1.64 bits per heavy atom. The maximum absolute atomic E-state index is 13.8. The molecule has 0 aliphatic carbocycles. The fourth-order valence-electron chi connectivity index (χ4n) is 2.26. The van der Waals surface area contributed by atoms with Crippen molar-refractivity contribution < 1.29 is 22.0 Å². The average Bonchev–Trinajstić information content (AvgIpc) is 2.45. The number of hydrogen-bond donors (Lipinski definition) is 1. The fraction of sp³-hybridized carbons (Fsp3) is 0.0714. The summed E-state index contributed by atoms with van der Waals surface area (Å²) in [6, 6.07) is 8.91. The summed E-state index contributed by atoms with van der Waals surface area (Å²) in [6.07, 6.45) is 0. The first-order chi connectivity index (χ1) is 10.4. The van der Waals surface area contributed by atoms with E-state index in [1.54, 1.807) is 12.1 Å². The van der Waals surface area contributed by atoms with Crippen LogP contribution in [0.1, 0.15) is 0 Å². The van der Waals surface area contributed by atoms with Gasteiger partial charge in [-0.2, -0.15) is 0 Å². The lowest BCUT2D eigenvalue weighted by Gasteiger charge is -2.30. The number of nitrogens with zero attached hydrogens (tertiary/aromatic N) is 1. The molecule has 114 valence electrons. The number of carbonyl (C=O) groups is 1. The molecule has 0 atom stereocenters. The van der Waals surface area contributed by atoms with Gasteiger partial charge in [0.1, 0.15) is 18.2 Å². The normalized spacial score (nSPS) is 14.5. The molecule has 0 radical (unpaired) electrons. The first-order valence-corrected chi connectivity index (χ1v) is 7.71. The van der Waals surface area contributed by atoms with E-state index in [1.807, 2.05) is 0 Å². The van der Waals surface area contributed by atoms with Gasteiger partial charge in [0.2, 0.25) is 5.91 Å². The Labute approximate surface area is 125 Å². The maximum Gasteiger partial charge on any atom is 0.270 e. The van der Waals surface area contributed by atoms with Crippen LogP contribution in [0.25, 0.3) is 0 Å². The van der Waals surface area contributed by atoms with Crippen LogP contribution in [-0.2, 0) is 14.8 Å². The molecule has 3 rings (SSSR count). The van der Waals surface area contributed by atoms with Crippen molar-refractivity contribution >= 4 is 27.3 Å². The van der Waals surface area contributed by atoms with E-state index < -0.39 is 39.0 Å². The van der Waals surface area contributed by atoms with E-state index in [-0.39, 0.29) is 11.4 Å². The van der Waals surface area contributed by atoms with Gasteiger partial charge in [-0.15, -0.1) is 0 Å². The van der Waals surface area contributed by atoms with Crippen molar-refractivity contribution in [3.63, 3.8) is 0 Å². The van der Waals surface area contributed by atoms with Gasteiger partial charge < -0.3 is 5.32 Å². The zero-order valence-corrected chi connectivity index (χ0v) is 11.9. The van der Waals surface area contributed by atoms with Crippen LogP contribution in [-0.4, -0.2) is 20.9 Å². The first kappa shape index (κ1) is 14.5. The van der Waals surface area contributed by atoms with Crippen molar-refractivity contribution in [3.05, 3.63) is 54.1 Å². The summed E-state index contributed by atoms with van der Waals surface area (Å²) in [5.41, 5.74) is 0.420. The van der Waals surface area contributed by atoms with Crippen molar-refractivity contribution in [2.45, 2.75) is 4.90 Å². The Morgan fingerprint density at radius 1 is 1.00 bits per heavy atom. The molecule has 0 saturated carbocycles. The molecular weight excluding hydrogens is 314 g/mol. The topological polar surface area (TPSA) is 66.5 Å². The van der Waals surface area contributed by atoms with Crippen molar-refractivity contribution in [2.24, 2.45) is 0 Å². The van der Waals surface area contributed by atoms with Gasteiger partial charge in [0.25, 0.3) is 10.0 Å². The lowest BCUT2D eigenvalue weighted by Crippen LogP contribution is -2.42. The number of para-hydroxylation sites is 2. The van der Waals surface area contributed by atoms with E-state index in [1.165, 1.54) is 12.1 Å². The Kier molecular flexibility index (Phi) is 3.32. The fourth-order valence-corrected chi connectivity index (χ4v) is 3.81. The van der Waals surface area contributed by atoms with Gasteiger partial charge in [-0.3, -0.25) is 9.10 Å². The second-order valence-electron chi connectivity index (χ2n) is 4.63. The van der Waals surface area contributed by atoms with E-state index in [9.17, 15) is 22.0 Å². The number of carbonyl (C=O) groups excluding carboxylic acids is 1. The zero-order valence-electron chi connectivity index (χ0n) is 11.1. The minimum Gasteiger partial charge on any atom is -0.323 e. The van der Waals surface area contributed by atoms with Crippen LogP contribution >= 0.6 is 0 Å². The largest absolute Gasteiger partial charge is 0.323 e. The number of amides is 1. The summed E-state index contributed by atoms with van der Waals surface area (Å²) in [5.74, 6) is -2.99. The third kappa shape index (κ3) is 2.21. The number of nitrogens with one attached hydrogen (secondary N) is 1. The predicted molar refractivity (Wildman–Crippen MR) is 76.0 cm³/mol. The van der Waals surface area contributed by atoms with Crippen LogP contribution in [0.3, 0.4) is 0 Å².